The Morgan fingerprint density at radius 1 is 0.960 bits per heavy atom. The van der Waals surface area contributed by atoms with Gasteiger partial charge >= 0.3 is 5.97 Å². The number of carbonyl (C=O) groups is 1. The van der Waals surface area contributed by atoms with Gasteiger partial charge in [-0.25, -0.2) is 17.9 Å². The standard InChI is InChI=1S/C19H19NO4S/c21-19(22)11-10-17-6-8-18(9-7-17)12-14-20-25(23,24)15-13-16-4-2-1-3-5-16/h1-11,13,15,20H,12,14H2,(H,21,22)/b11-10+,15-13?. The largest absolute Gasteiger partial charge is 0.478 e. The summed E-state index contributed by atoms with van der Waals surface area (Å²) in [6.07, 6.45) is 4.67. The fourth-order valence-electron chi connectivity index (χ4n) is 2.08. The number of benzene rings is 2. The number of carboxylic acid groups (broad SMARTS) is 1. The molecule has 0 atom stereocenters. The van der Waals surface area contributed by atoms with Crippen LogP contribution in [0.3, 0.4) is 0 Å². The molecule has 0 heterocycles. The predicted molar refractivity (Wildman–Crippen MR) is 99.2 cm³/mol. The summed E-state index contributed by atoms with van der Waals surface area (Å²) in [5, 5.41) is 9.74. The lowest BCUT2D eigenvalue weighted by molar-refractivity contribution is -0.131. The third kappa shape index (κ3) is 7.15. The molecule has 0 radical (unpaired) electrons. The molecule has 2 aromatic carbocycles. The topological polar surface area (TPSA) is 83.5 Å². The van der Waals surface area contributed by atoms with Gasteiger partial charge in [0.25, 0.3) is 0 Å². The molecular formula is C19H19NO4S. The van der Waals surface area contributed by atoms with Gasteiger partial charge in [0, 0.05) is 18.0 Å². The van der Waals surface area contributed by atoms with Crippen LogP contribution in [0, 0.1) is 0 Å². The summed E-state index contributed by atoms with van der Waals surface area (Å²) in [4.78, 5) is 10.5. The van der Waals surface area contributed by atoms with Crippen LogP contribution in [-0.2, 0) is 21.2 Å². The predicted octanol–water partition coefficient (Wildman–Crippen LogP) is 2.92. The van der Waals surface area contributed by atoms with E-state index >= 15 is 0 Å². The Balaban J connectivity index is 1.85. The van der Waals surface area contributed by atoms with E-state index in [4.69, 9.17) is 5.11 Å². The van der Waals surface area contributed by atoms with Gasteiger partial charge in [-0.1, -0.05) is 54.6 Å². The maximum absolute atomic E-state index is 11.9. The summed E-state index contributed by atoms with van der Waals surface area (Å²) in [5.74, 6) is -0.998. The van der Waals surface area contributed by atoms with Gasteiger partial charge in [0.2, 0.25) is 10.0 Å². The van der Waals surface area contributed by atoms with Gasteiger partial charge in [0.05, 0.1) is 0 Å². The number of rotatable bonds is 8. The van der Waals surface area contributed by atoms with Crippen molar-refractivity contribution in [3.63, 3.8) is 0 Å². The third-order valence-corrected chi connectivity index (χ3v) is 4.46. The molecule has 6 heteroatoms. The molecule has 0 saturated carbocycles. The Morgan fingerprint density at radius 2 is 1.60 bits per heavy atom. The quantitative estimate of drug-likeness (QED) is 0.712. The van der Waals surface area contributed by atoms with Gasteiger partial charge in [0.1, 0.15) is 0 Å². The van der Waals surface area contributed by atoms with Gasteiger partial charge in [-0.3, -0.25) is 0 Å². The molecule has 0 saturated heterocycles. The monoisotopic (exact) mass is 357 g/mol. The number of hydrogen-bond donors (Lipinski definition) is 2. The molecule has 0 aromatic heterocycles. The molecule has 25 heavy (non-hydrogen) atoms. The molecule has 0 aliphatic heterocycles. The van der Waals surface area contributed by atoms with Crippen LogP contribution < -0.4 is 4.72 Å². The van der Waals surface area contributed by atoms with E-state index in [1.165, 1.54) is 6.08 Å². The van der Waals surface area contributed by atoms with E-state index in [2.05, 4.69) is 4.72 Å². The number of aliphatic carboxylic acids is 1. The van der Waals surface area contributed by atoms with Gasteiger partial charge in [-0.15, -0.1) is 0 Å². The highest BCUT2D eigenvalue weighted by Crippen LogP contribution is 2.07. The minimum atomic E-state index is -3.48. The van der Waals surface area contributed by atoms with Crippen LogP contribution in [0.1, 0.15) is 16.7 Å². The molecule has 2 N–H and O–H groups in total. The first-order valence-electron chi connectivity index (χ1n) is 7.67. The second-order valence-corrected chi connectivity index (χ2v) is 6.97. The Kier molecular flexibility index (Phi) is 6.68. The highest BCUT2D eigenvalue weighted by Gasteiger charge is 2.04. The minimum Gasteiger partial charge on any atom is -0.478 e. The molecule has 0 aliphatic rings. The Hall–Kier alpha value is -2.70. The van der Waals surface area contributed by atoms with Gasteiger partial charge in [-0.05, 0) is 35.3 Å². The highest BCUT2D eigenvalue weighted by atomic mass is 32.2. The smallest absolute Gasteiger partial charge is 0.328 e. The lowest BCUT2D eigenvalue weighted by Crippen LogP contribution is -2.23. The molecule has 2 aromatic rings. The lowest BCUT2D eigenvalue weighted by atomic mass is 10.1. The Labute approximate surface area is 147 Å². The summed E-state index contributed by atoms with van der Waals surface area (Å²) in [5.41, 5.74) is 2.55. The molecule has 0 bridgehead atoms. The van der Waals surface area contributed by atoms with Crippen molar-refractivity contribution in [1.82, 2.24) is 4.72 Å². The van der Waals surface area contributed by atoms with Crippen LogP contribution in [0.25, 0.3) is 12.2 Å². The summed E-state index contributed by atoms with van der Waals surface area (Å²) >= 11 is 0. The van der Waals surface area contributed by atoms with Crippen LogP contribution in [-0.4, -0.2) is 26.0 Å². The van der Waals surface area contributed by atoms with Crippen molar-refractivity contribution in [2.75, 3.05) is 6.54 Å². The van der Waals surface area contributed by atoms with E-state index in [9.17, 15) is 13.2 Å². The third-order valence-electron chi connectivity index (χ3n) is 3.35. The molecule has 5 nitrogen and oxygen atoms in total. The van der Waals surface area contributed by atoms with Crippen LogP contribution in [0.15, 0.2) is 66.1 Å². The van der Waals surface area contributed by atoms with E-state index in [-0.39, 0.29) is 6.54 Å². The van der Waals surface area contributed by atoms with Crippen molar-refractivity contribution in [1.29, 1.82) is 0 Å². The summed E-state index contributed by atoms with van der Waals surface area (Å²) in [7, 11) is -3.48. The summed E-state index contributed by atoms with van der Waals surface area (Å²) in [6.45, 7) is 0.284. The first-order valence-corrected chi connectivity index (χ1v) is 9.22. The SMILES string of the molecule is O=C(O)/C=C/c1ccc(CCNS(=O)(=O)C=Cc2ccccc2)cc1. The maximum atomic E-state index is 11.9. The fraction of sp³-hybridized carbons (Fsp3) is 0.105. The van der Waals surface area contributed by atoms with E-state index in [0.29, 0.717) is 6.42 Å². The molecule has 0 unspecified atom stereocenters. The van der Waals surface area contributed by atoms with Crippen molar-refractivity contribution in [3.05, 3.63) is 82.8 Å². The summed E-state index contributed by atoms with van der Waals surface area (Å²) < 4.78 is 26.4. The van der Waals surface area contributed by atoms with Crippen LogP contribution >= 0.6 is 0 Å². The van der Waals surface area contributed by atoms with Crippen molar-refractivity contribution in [3.8, 4) is 0 Å². The number of hydrogen-bond acceptors (Lipinski definition) is 3. The van der Waals surface area contributed by atoms with Crippen molar-refractivity contribution < 1.29 is 18.3 Å². The Morgan fingerprint density at radius 3 is 2.24 bits per heavy atom. The molecule has 0 aliphatic carbocycles. The van der Waals surface area contributed by atoms with Crippen LogP contribution in [0.4, 0.5) is 0 Å². The zero-order valence-corrected chi connectivity index (χ0v) is 14.3. The van der Waals surface area contributed by atoms with Crippen LogP contribution in [0.5, 0.6) is 0 Å². The minimum absolute atomic E-state index is 0.284. The van der Waals surface area contributed by atoms with E-state index in [1.807, 2.05) is 42.5 Å². The first-order chi connectivity index (χ1) is 11.9. The molecule has 0 amide bonds. The Bertz CT molecular complexity index is 854. The number of sulfonamides is 1. The van der Waals surface area contributed by atoms with Crippen molar-refractivity contribution in [2.24, 2.45) is 0 Å². The second kappa shape index (κ2) is 8.96. The molecule has 2 rings (SSSR count). The normalized spacial score (nSPS) is 12.0. The zero-order valence-electron chi connectivity index (χ0n) is 13.5. The maximum Gasteiger partial charge on any atom is 0.328 e. The highest BCUT2D eigenvalue weighted by molar-refractivity contribution is 7.92. The van der Waals surface area contributed by atoms with E-state index in [0.717, 1.165) is 28.2 Å². The second-order valence-electron chi connectivity index (χ2n) is 5.32. The zero-order chi connectivity index (χ0) is 18.1. The molecule has 0 spiro atoms. The van der Waals surface area contributed by atoms with E-state index < -0.39 is 16.0 Å². The van der Waals surface area contributed by atoms with Gasteiger partial charge in [-0.2, -0.15) is 0 Å². The number of carboxylic acids is 1. The lowest BCUT2D eigenvalue weighted by Gasteiger charge is -2.04. The van der Waals surface area contributed by atoms with Gasteiger partial charge in [0.15, 0.2) is 0 Å². The molecular weight excluding hydrogens is 338 g/mol. The molecule has 0 fully saturated rings. The average molecular weight is 357 g/mol. The van der Waals surface area contributed by atoms with Crippen LogP contribution in [0.2, 0.25) is 0 Å². The van der Waals surface area contributed by atoms with Gasteiger partial charge < -0.3 is 5.11 Å². The average Bonchev–Trinajstić information content (AvgIpc) is 2.60. The summed E-state index contributed by atoms with van der Waals surface area (Å²) in [6, 6.07) is 16.5. The number of nitrogens with one attached hydrogen (secondary N) is 1. The van der Waals surface area contributed by atoms with Crippen molar-refractivity contribution in [2.45, 2.75) is 6.42 Å². The van der Waals surface area contributed by atoms with Crippen molar-refractivity contribution >= 4 is 28.1 Å². The fourth-order valence-corrected chi connectivity index (χ4v) is 2.90. The van der Waals surface area contributed by atoms with E-state index in [1.54, 1.807) is 18.2 Å². The molecule has 130 valence electrons. The first kappa shape index (κ1) is 18.6.